The first-order chi connectivity index (χ1) is 9.06. The monoisotopic (exact) mass is 258 g/mol. The Labute approximate surface area is 112 Å². The fourth-order valence-corrected chi connectivity index (χ4v) is 1.70. The summed E-state index contributed by atoms with van der Waals surface area (Å²) in [4.78, 5) is 20.2. The molecule has 0 fully saturated rings. The smallest absolute Gasteiger partial charge is 0.225 e. The second-order valence-corrected chi connectivity index (χ2v) is 4.92. The summed E-state index contributed by atoms with van der Waals surface area (Å²) in [6, 6.07) is 5.33. The molecule has 19 heavy (non-hydrogen) atoms. The molecule has 5 heteroatoms. The maximum atomic E-state index is 11.8. The molecule has 0 saturated carbocycles. The molecule has 0 aliphatic rings. The number of anilines is 1. The summed E-state index contributed by atoms with van der Waals surface area (Å²) >= 11 is 0. The Hall–Kier alpha value is -2.01. The Kier molecular flexibility index (Phi) is 4.06. The van der Waals surface area contributed by atoms with Crippen LogP contribution in [0.15, 0.2) is 30.6 Å². The van der Waals surface area contributed by atoms with Gasteiger partial charge < -0.3 is 11.1 Å². The van der Waals surface area contributed by atoms with Crippen molar-refractivity contribution in [3.63, 3.8) is 0 Å². The van der Waals surface area contributed by atoms with Gasteiger partial charge in [-0.15, -0.1) is 0 Å². The summed E-state index contributed by atoms with van der Waals surface area (Å²) in [7, 11) is 0. The summed E-state index contributed by atoms with van der Waals surface area (Å²) in [5, 5.41) is 2.83. The number of benzene rings is 1. The van der Waals surface area contributed by atoms with E-state index in [1.165, 1.54) is 0 Å². The van der Waals surface area contributed by atoms with E-state index in [0.29, 0.717) is 12.1 Å². The lowest BCUT2D eigenvalue weighted by atomic mass is 10.0. The molecule has 0 aliphatic heterocycles. The normalized spacial score (nSPS) is 12.6. The van der Waals surface area contributed by atoms with E-state index in [4.69, 9.17) is 5.73 Å². The number of fused-ring (bicyclic) bond motifs is 1. The van der Waals surface area contributed by atoms with E-state index in [1.54, 1.807) is 18.5 Å². The van der Waals surface area contributed by atoms with Gasteiger partial charge in [-0.05, 0) is 24.1 Å². The van der Waals surface area contributed by atoms with Crippen molar-refractivity contribution in [2.45, 2.75) is 26.3 Å². The molecule has 1 amide bonds. The van der Waals surface area contributed by atoms with Gasteiger partial charge in [0.2, 0.25) is 5.91 Å². The lowest BCUT2D eigenvalue weighted by Gasteiger charge is -2.15. The third kappa shape index (κ3) is 3.48. The third-order valence-electron chi connectivity index (χ3n) is 3.03. The van der Waals surface area contributed by atoms with Crippen molar-refractivity contribution in [2.24, 2.45) is 11.7 Å². The SMILES string of the molecule is CC(C)C(N)CC(=O)Nc1ccc2nccnc2c1. The predicted octanol–water partition coefficient (Wildman–Crippen LogP) is 1.94. The second-order valence-electron chi connectivity index (χ2n) is 4.92. The molecule has 0 aliphatic carbocycles. The van der Waals surface area contributed by atoms with Crippen LogP contribution in [0.25, 0.3) is 11.0 Å². The first kappa shape index (κ1) is 13.4. The average Bonchev–Trinajstić information content (AvgIpc) is 2.38. The van der Waals surface area contributed by atoms with Gasteiger partial charge in [-0.25, -0.2) is 0 Å². The summed E-state index contributed by atoms with van der Waals surface area (Å²) in [5.74, 6) is 0.206. The van der Waals surface area contributed by atoms with Crippen LogP contribution in [0.5, 0.6) is 0 Å². The summed E-state index contributed by atoms with van der Waals surface area (Å²) < 4.78 is 0. The number of rotatable bonds is 4. The predicted molar refractivity (Wildman–Crippen MR) is 75.6 cm³/mol. The van der Waals surface area contributed by atoms with Crippen molar-refractivity contribution in [1.29, 1.82) is 0 Å². The number of carbonyl (C=O) groups is 1. The first-order valence-corrected chi connectivity index (χ1v) is 6.32. The highest BCUT2D eigenvalue weighted by molar-refractivity contribution is 5.93. The van der Waals surface area contributed by atoms with Crippen LogP contribution in [-0.4, -0.2) is 21.9 Å². The molecular weight excluding hydrogens is 240 g/mol. The van der Waals surface area contributed by atoms with E-state index in [-0.39, 0.29) is 17.9 Å². The molecule has 1 heterocycles. The number of nitrogens with one attached hydrogen (secondary N) is 1. The standard InChI is InChI=1S/C14H18N4O/c1-9(2)11(15)8-14(19)18-10-3-4-12-13(7-10)17-6-5-16-12/h3-7,9,11H,8,15H2,1-2H3,(H,18,19). The van der Waals surface area contributed by atoms with E-state index in [2.05, 4.69) is 15.3 Å². The van der Waals surface area contributed by atoms with Crippen LogP contribution >= 0.6 is 0 Å². The van der Waals surface area contributed by atoms with E-state index >= 15 is 0 Å². The van der Waals surface area contributed by atoms with Crippen molar-refractivity contribution in [3.8, 4) is 0 Å². The van der Waals surface area contributed by atoms with Crippen LogP contribution in [0.4, 0.5) is 5.69 Å². The topological polar surface area (TPSA) is 80.9 Å². The molecule has 3 N–H and O–H groups in total. The van der Waals surface area contributed by atoms with Crippen LogP contribution in [0.1, 0.15) is 20.3 Å². The molecule has 1 aromatic carbocycles. The van der Waals surface area contributed by atoms with E-state index in [9.17, 15) is 4.79 Å². The van der Waals surface area contributed by atoms with Gasteiger partial charge in [0.1, 0.15) is 0 Å². The van der Waals surface area contributed by atoms with Gasteiger partial charge in [0.15, 0.2) is 0 Å². The maximum absolute atomic E-state index is 11.8. The van der Waals surface area contributed by atoms with Crippen LogP contribution < -0.4 is 11.1 Å². The minimum absolute atomic E-state index is 0.0792. The first-order valence-electron chi connectivity index (χ1n) is 6.32. The van der Waals surface area contributed by atoms with Gasteiger partial charge in [0, 0.05) is 30.5 Å². The minimum Gasteiger partial charge on any atom is -0.327 e. The number of hydrogen-bond acceptors (Lipinski definition) is 4. The summed E-state index contributed by atoms with van der Waals surface area (Å²) in [5.41, 5.74) is 8.16. The van der Waals surface area contributed by atoms with Gasteiger partial charge >= 0.3 is 0 Å². The molecule has 5 nitrogen and oxygen atoms in total. The fourth-order valence-electron chi connectivity index (χ4n) is 1.70. The lowest BCUT2D eigenvalue weighted by Crippen LogP contribution is -2.31. The lowest BCUT2D eigenvalue weighted by molar-refractivity contribution is -0.116. The minimum atomic E-state index is -0.125. The fraction of sp³-hybridized carbons (Fsp3) is 0.357. The van der Waals surface area contributed by atoms with Crippen molar-refractivity contribution in [1.82, 2.24) is 9.97 Å². The Morgan fingerprint density at radius 3 is 2.63 bits per heavy atom. The maximum Gasteiger partial charge on any atom is 0.225 e. The van der Waals surface area contributed by atoms with E-state index in [1.807, 2.05) is 26.0 Å². The van der Waals surface area contributed by atoms with Gasteiger partial charge in [-0.2, -0.15) is 0 Å². The Morgan fingerprint density at radius 1 is 1.26 bits per heavy atom. The van der Waals surface area contributed by atoms with Crippen LogP contribution in [0.3, 0.4) is 0 Å². The molecule has 0 bridgehead atoms. The van der Waals surface area contributed by atoms with Crippen molar-refractivity contribution < 1.29 is 4.79 Å². The Bertz CT molecular complexity index is 582. The van der Waals surface area contributed by atoms with Gasteiger partial charge in [-0.1, -0.05) is 13.8 Å². The van der Waals surface area contributed by atoms with Crippen LogP contribution in [-0.2, 0) is 4.79 Å². The van der Waals surface area contributed by atoms with Gasteiger partial charge in [-0.3, -0.25) is 14.8 Å². The van der Waals surface area contributed by atoms with E-state index < -0.39 is 0 Å². The molecule has 100 valence electrons. The zero-order valence-electron chi connectivity index (χ0n) is 11.1. The number of nitrogens with two attached hydrogens (primary N) is 1. The van der Waals surface area contributed by atoms with Gasteiger partial charge in [0.25, 0.3) is 0 Å². The summed E-state index contributed by atoms with van der Waals surface area (Å²) in [6.07, 6.45) is 3.58. The molecule has 0 saturated heterocycles. The highest BCUT2D eigenvalue weighted by Crippen LogP contribution is 2.15. The molecule has 0 spiro atoms. The number of amides is 1. The number of nitrogens with zero attached hydrogens (tertiary/aromatic N) is 2. The molecule has 1 atom stereocenters. The zero-order valence-corrected chi connectivity index (χ0v) is 11.1. The quantitative estimate of drug-likeness (QED) is 0.878. The Balaban J connectivity index is 2.07. The van der Waals surface area contributed by atoms with Crippen LogP contribution in [0.2, 0.25) is 0 Å². The average molecular weight is 258 g/mol. The highest BCUT2D eigenvalue weighted by atomic mass is 16.1. The van der Waals surface area contributed by atoms with Crippen molar-refractivity contribution in [3.05, 3.63) is 30.6 Å². The van der Waals surface area contributed by atoms with Crippen molar-refractivity contribution in [2.75, 3.05) is 5.32 Å². The number of carbonyl (C=O) groups excluding carboxylic acids is 1. The van der Waals surface area contributed by atoms with E-state index in [0.717, 1.165) is 11.0 Å². The molecule has 2 aromatic rings. The molecule has 2 rings (SSSR count). The van der Waals surface area contributed by atoms with Crippen molar-refractivity contribution >= 4 is 22.6 Å². The van der Waals surface area contributed by atoms with Gasteiger partial charge in [0.05, 0.1) is 11.0 Å². The second kappa shape index (κ2) is 5.75. The third-order valence-corrected chi connectivity index (χ3v) is 3.03. The van der Waals surface area contributed by atoms with Crippen LogP contribution in [0, 0.1) is 5.92 Å². The molecule has 0 radical (unpaired) electrons. The molecular formula is C14H18N4O. The largest absolute Gasteiger partial charge is 0.327 e. The zero-order chi connectivity index (χ0) is 13.8. The highest BCUT2D eigenvalue weighted by Gasteiger charge is 2.13. The Morgan fingerprint density at radius 2 is 1.95 bits per heavy atom. The number of hydrogen-bond donors (Lipinski definition) is 2. The summed E-state index contributed by atoms with van der Waals surface area (Å²) in [6.45, 7) is 4.01. The molecule has 1 unspecified atom stereocenters. The molecule has 1 aromatic heterocycles. The number of aromatic nitrogens is 2.